The van der Waals surface area contributed by atoms with Gasteiger partial charge in [0.15, 0.2) is 6.54 Å². The Bertz CT molecular complexity index is 476. The summed E-state index contributed by atoms with van der Waals surface area (Å²) in [7, 11) is 0. The minimum Gasteiger partial charge on any atom is -0.370 e. The summed E-state index contributed by atoms with van der Waals surface area (Å²) in [6.07, 6.45) is 0. The predicted octanol–water partition coefficient (Wildman–Crippen LogP) is 1.09. The van der Waals surface area contributed by atoms with Crippen molar-refractivity contribution in [1.82, 2.24) is 5.32 Å². The number of halogens is 2. The van der Waals surface area contributed by atoms with Gasteiger partial charge in [-0.05, 0) is 24.6 Å². The van der Waals surface area contributed by atoms with E-state index in [2.05, 4.69) is 5.32 Å². The molecule has 1 atom stereocenters. The third-order valence-corrected chi connectivity index (χ3v) is 3.98. The van der Waals surface area contributed by atoms with E-state index in [-0.39, 0.29) is 11.9 Å². The highest BCUT2D eigenvalue weighted by Gasteiger charge is 2.19. The number of ether oxygens (including phenoxy) is 1. The maximum Gasteiger partial charge on any atom is 0.275 e. The van der Waals surface area contributed by atoms with E-state index >= 15 is 0 Å². The van der Waals surface area contributed by atoms with E-state index in [1.54, 1.807) is 12.1 Å². The number of rotatable bonds is 4. The van der Waals surface area contributed by atoms with Gasteiger partial charge in [0, 0.05) is 10.0 Å². The first-order valence-corrected chi connectivity index (χ1v) is 7.47. The molecule has 0 radical (unpaired) electrons. The third-order valence-electron chi connectivity index (χ3n) is 3.42. The lowest BCUT2D eigenvalue weighted by Gasteiger charge is -2.24. The van der Waals surface area contributed by atoms with E-state index in [1.807, 2.05) is 13.0 Å². The topological polar surface area (TPSA) is 42.8 Å². The van der Waals surface area contributed by atoms with E-state index in [0.29, 0.717) is 16.6 Å². The van der Waals surface area contributed by atoms with Gasteiger partial charge in [-0.25, -0.2) is 0 Å². The molecule has 20 heavy (non-hydrogen) atoms. The highest BCUT2D eigenvalue weighted by atomic mass is 35.5. The molecular weight excluding hydrogens is 299 g/mol. The van der Waals surface area contributed by atoms with Crippen molar-refractivity contribution in [2.45, 2.75) is 13.0 Å². The number of carbonyl (C=O) groups excluding carboxylic acids is 1. The van der Waals surface area contributed by atoms with Gasteiger partial charge >= 0.3 is 0 Å². The molecule has 1 amide bonds. The van der Waals surface area contributed by atoms with Crippen LogP contribution in [0.5, 0.6) is 0 Å². The van der Waals surface area contributed by atoms with E-state index < -0.39 is 0 Å². The third kappa shape index (κ3) is 4.35. The molecule has 0 spiro atoms. The minimum atomic E-state index is -0.132. The Labute approximate surface area is 129 Å². The highest BCUT2D eigenvalue weighted by molar-refractivity contribution is 6.35. The SMILES string of the molecule is C[C@@H](NC(=O)C[NH+]1CCOCC1)c1ccc(Cl)cc1Cl. The van der Waals surface area contributed by atoms with Gasteiger partial charge in [0.25, 0.3) is 5.91 Å². The summed E-state index contributed by atoms with van der Waals surface area (Å²) in [5.74, 6) is 0.0282. The molecule has 1 fully saturated rings. The van der Waals surface area contributed by atoms with Crippen molar-refractivity contribution < 1.29 is 14.4 Å². The Morgan fingerprint density at radius 2 is 2.10 bits per heavy atom. The monoisotopic (exact) mass is 317 g/mol. The molecule has 1 aliphatic heterocycles. The fourth-order valence-corrected chi connectivity index (χ4v) is 2.86. The maximum absolute atomic E-state index is 12.0. The fraction of sp³-hybridized carbons (Fsp3) is 0.500. The normalized spacial score (nSPS) is 17.8. The van der Waals surface area contributed by atoms with Crippen molar-refractivity contribution in [3.05, 3.63) is 33.8 Å². The molecule has 0 unspecified atom stereocenters. The zero-order valence-corrected chi connectivity index (χ0v) is 12.9. The van der Waals surface area contributed by atoms with Crippen molar-refractivity contribution in [3.8, 4) is 0 Å². The van der Waals surface area contributed by atoms with Gasteiger partial charge in [-0.3, -0.25) is 4.79 Å². The largest absolute Gasteiger partial charge is 0.370 e. The minimum absolute atomic E-state index is 0.0282. The van der Waals surface area contributed by atoms with Crippen LogP contribution in [0.3, 0.4) is 0 Å². The average molecular weight is 318 g/mol. The van der Waals surface area contributed by atoms with Crippen LogP contribution >= 0.6 is 23.2 Å². The summed E-state index contributed by atoms with van der Waals surface area (Å²) in [5.41, 5.74) is 0.876. The zero-order valence-electron chi connectivity index (χ0n) is 11.4. The van der Waals surface area contributed by atoms with Gasteiger partial charge in [-0.1, -0.05) is 29.3 Å². The van der Waals surface area contributed by atoms with E-state index in [1.165, 1.54) is 4.90 Å². The van der Waals surface area contributed by atoms with Gasteiger partial charge in [0.1, 0.15) is 13.1 Å². The van der Waals surface area contributed by atoms with Crippen LogP contribution in [0.1, 0.15) is 18.5 Å². The van der Waals surface area contributed by atoms with Crippen molar-refractivity contribution in [1.29, 1.82) is 0 Å². The number of morpholine rings is 1. The van der Waals surface area contributed by atoms with Crippen LogP contribution in [0.25, 0.3) is 0 Å². The average Bonchev–Trinajstić information content (AvgIpc) is 2.39. The molecule has 1 aromatic carbocycles. The second kappa shape index (κ2) is 7.27. The number of nitrogens with one attached hydrogen (secondary N) is 2. The van der Waals surface area contributed by atoms with Crippen LogP contribution in [0, 0.1) is 0 Å². The lowest BCUT2D eigenvalue weighted by molar-refractivity contribution is -0.900. The number of benzene rings is 1. The Balaban J connectivity index is 1.89. The quantitative estimate of drug-likeness (QED) is 0.873. The van der Waals surface area contributed by atoms with Crippen LogP contribution in [0.15, 0.2) is 18.2 Å². The van der Waals surface area contributed by atoms with Gasteiger partial charge < -0.3 is 15.0 Å². The Hall–Kier alpha value is -0.810. The van der Waals surface area contributed by atoms with Crippen molar-refractivity contribution in [2.75, 3.05) is 32.8 Å². The van der Waals surface area contributed by atoms with Gasteiger partial charge in [0.05, 0.1) is 19.3 Å². The standard InChI is InChI=1S/C14H18Cl2N2O2/c1-10(12-3-2-11(15)8-13(12)16)17-14(19)9-18-4-6-20-7-5-18/h2-3,8,10H,4-7,9H2,1H3,(H,17,19)/p+1/t10-/m1/s1. The van der Waals surface area contributed by atoms with Crippen LogP contribution < -0.4 is 10.2 Å². The van der Waals surface area contributed by atoms with Crippen LogP contribution in [0.4, 0.5) is 0 Å². The summed E-state index contributed by atoms with van der Waals surface area (Å²) >= 11 is 12.0. The maximum atomic E-state index is 12.0. The fourth-order valence-electron chi connectivity index (χ4n) is 2.29. The molecule has 110 valence electrons. The number of hydrogen-bond donors (Lipinski definition) is 2. The molecule has 1 aromatic rings. The first-order chi connectivity index (χ1) is 9.56. The molecule has 1 saturated heterocycles. The molecule has 2 rings (SSSR count). The van der Waals surface area contributed by atoms with Gasteiger partial charge in [0.2, 0.25) is 0 Å². The van der Waals surface area contributed by atoms with Crippen LogP contribution in [-0.2, 0) is 9.53 Å². The van der Waals surface area contributed by atoms with Crippen molar-refractivity contribution in [2.24, 2.45) is 0 Å². The zero-order chi connectivity index (χ0) is 14.5. The number of carbonyl (C=O) groups is 1. The molecule has 0 aromatic heterocycles. The summed E-state index contributed by atoms with van der Waals surface area (Å²) in [6, 6.07) is 5.18. The number of amides is 1. The first-order valence-electron chi connectivity index (χ1n) is 6.72. The summed E-state index contributed by atoms with van der Waals surface area (Å²) < 4.78 is 5.28. The number of hydrogen-bond acceptors (Lipinski definition) is 2. The van der Waals surface area contributed by atoms with Crippen LogP contribution in [-0.4, -0.2) is 38.8 Å². The molecule has 1 heterocycles. The molecule has 0 aliphatic carbocycles. The molecule has 0 bridgehead atoms. The van der Waals surface area contributed by atoms with Crippen molar-refractivity contribution in [3.63, 3.8) is 0 Å². The second-order valence-electron chi connectivity index (χ2n) is 4.99. The van der Waals surface area contributed by atoms with Gasteiger partial charge in [-0.15, -0.1) is 0 Å². The molecule has 4 nitrogen and oxygen atoms in total. The second-order valence-corrected chi connectivity index (χ2v) is 5.84. The summed E-state index contributed by atoms with van der Waals surface area (Å²) in [5, 5.41) is 4.14. The molecule has 6 heteroatoms. The molecule has 1 aliphatic rings. The lowest BCUT2D eigenvalue weighted by atomic mass is 10.1. The van der Waals surface area contributed by atoms with E-state index in [0.717, 1.165) is 31.9 Å². The lowest BCUT2D eigenvalue weighted by Crippen LogP contribution is -3.15. The predicted molar refractivity (Wildman–Crippen MR) is 79.4 cm³/mol. The summed E-state index contributed by atoms with van der Waals surface area (Å²) in [6.45, 7) is 5.59. The first kappa shape index (κ1) is 15.6. The highest BCUT2D eigenvalue weighted by Crippen LogP contribution is 2.25. The Kier molecular flexibility index (Phi) is 5.66. The van der Waals surface area contributed by atoms with Crippen molar-refractivity contribution >= 4 is 29.1 Å². The smallest absolute Gasteiger partial charge is 0.275 e. The van der Waals surface area contributed by atoms with E-state index in [4.69, 9.17) is 27.9 Å². The molecule has 0 saturated carbocycles. The van der Waals surface area contributed by atoms with Gasteiger partial charge in [-0.2, -0.15) is 0 Å². The Morgan fingerprint density at radius 3 is 2.75 bits per heavy atom. The van der Waals surface area contributed by atoms with E-state index in [9.17, 15) is 4.79 Å². The Morgan fingerprint density at radius 1 is 1.40 bits per heavy atom. The number of quaternary nitrogens is 1. The summed E-state index contributed by atoms with van der Waals surface area (Å²) in [4.78, 5) is 13.3. The van der Waals surface area contributed by atoms with Crippen LogP contribution in [0.2, 0.25) is 10.0 Å². The molecular formula is C14H19Cl2N2O2+. The molecule has 2 N–H and O–H groups in total.